The van der Waals surface area contributed by atoms with Gasteiger partial charge in [-0.2, -0.15) is 4.98 Å². The quantitative estimate of drug-likeness (QED) is 0.872. The number of nitrogens with zero attached hydrogens (tertiary/aromatic N) is 4. The Morgan fingerprint density at radius 1 is 1.20 bits per heavy atom. The molecule has 0 saturated carbocycles. The number of hydrogen-bond donors (Lipinski definition) is 1. The maximum absolute atomic E-state index is 9.84. The summed E-state index contributed by atoms with van der Waals surface area (Å²) in [7, 11) is 0. The maximum atomic E-state index is 9.84. The van der Waals surface area contributed by atoms with E-state index in [2.05, 4.69) is 33.8 Å². The Balaban J connectivity index is 1.79. The average molecular weight is 282 g/mol. The molecule has 0 unspecified atom stereocenters. The molecule has 0 spiro atoms. The van der Waals surface area contributed by atoms with Gasteiger partial charge in [0, 0.05) is 38.6 Å². The van der Waals surface area contributed by atoms with E-state index in [9.17, 15) is 5.11 Å². The van der Waals surface area contributed by atoms with E-state index in [1.165, 1.54) is 0 Å². The van der Waals surface area contributed by atoms with Crippen molar-refractivity contribution in [3.05, 3.63) is 11.7 Å². The van der Waals surface area contributed by atoms with E-state index in [1.807, 2.05) is 13.8 Å². The monoisotopic (exact) mass is 282 g/mol. The van der Waals surface area contributed by atoms with Gasteiger partial charge in [0.25, 0.3) is 0 Å². The fraction of sp³-hybridized carbons (Fsp3) is 0.857. The van der Waals surface area contributed by atoms with Gasteiger partial charge in [0.15, 0.2) is 5.82 Å². The van der Waals surface area contributed by atoms with Crippen LogP contribution >= 0.6 is 0 Å². The molecular formula is C14H26N4O2. The minimum absolute atomic E-state index is 0.302. The fourth-order valence-electron chi connectivity index (χ4n) is 2.41. The highest BCUT2D eigenvalue weighted by Gasteiger charge is 2.23. The van der Waals surface area contributed by atoms with Gasteiger partial charge in [-0.1, -0.05) is 19.0 Å². The number of piperazine rings is 1. The predicted octanol–water partition coefficient (Wildman–Crippen LogP) is 1.08. The molecule has 0 aromatic carbocycles. The van der Waals surface area contributed by atoms with Crippen LogP contribution in [0.15, 0.2) is 4.52 Å². The van der Waals surface area contributed by atoms with Gasteiger partial charge in [-0.05, 0) is 13.8 Å². The third-order valence-electron chi connectivity index (χ3n) is 3.43. The normalized spacial score (nSPS) is 18.9. The molecule has 1 aliphatic heterocycles. The molecule has 2 heterocycles. The van der Waals surface area contributed by atoms with Crippen LogP contribution in [0.5, 0.6) is 0 Å². The smallest absolute Gasteiger partial charge is 0.240 e. The van der Waals surface area contributed by atoms with E-state index in [1.54, 1.807) is 0 Å². The van der Waals surface area contributed by atoms with Gasteiger partial charge < -0.3 is 9.63 Å². The van der Waals surface area contributed by atoms with Crippen LogP contribution in [0.25, 0.3) is 0 Å². The second kappa shape index (κ2) is 6.20. The van der Waals surface area contributed by atoms with Crippen LogP contribution in [0.2, 0.25) is 0 Å². The van der Waals surface area contributed by atoms with E-state index >= 15 is 0 Å². The van der Waals surface area contributed by atoms with Crippen LogP contribution < -0.4 is 0 Å². The predicted molar refractivity (Wildman–Crippen MR) is 76.4 cm³/mol. The van der Waals surface area contributed by atoms with Gasteiger partial charge in [-0.15, -0.1) is 0 Å². The molecule has 0 amide bonds. The number of β-amino-alcohol motifs (C(OH)–C–C–N with tert-alkyl or cyclic N) is 1. The SMILES string of the molecule is CC(C)c1noc(CN2CCN(CC(C)(C)O)CC2)n1. The van der Waals surface area contributed by atoms with Gasteiger partial charge in [-0.3, -0.25) is 9.80 Å². The molecule has 1 aromatic heterocycles. The summed E-state index contributed by atoms with van der Waals surface area (Å²) in [5.41, 5.74) is -0.624. The Bertz CT molecular complexity index is 417. The zero-order valence-corrected chi connectivity index (χ0v) is 13.0. The molecule has 0 aliphatic carbocycles. The van der Waals surface area contributed by atoms with E-state index in [0.717, 1.165) is 45.1 Å². The summed E-state index contributed by atoms with van der Waals surface area (Å²) >= 11 is 0. The lowest BCUT2D eigenvalue weighted by atomic mass is 10.1. The molecule has 1 aromatic rings. The number of aliphatic hydroxyl groups is 1. The van der Waals surface area contributed by atoms with E-state index in [0.29, 0.717) is 11.8 Å². The molecule has 6 nitrogen and oxygen atoms in total. The summed E-state index contributed by atoms with van der Waals surface area (Å²) in [6.07, 6.45) is 0. The lowest BCUT2D eigenvalue weighted by molar-refractivity contribution is 0.0153. The van der Waals surface area contributed by atoms with Crippen LogP contribution in [-0.2, 0) is 6.54 Å². The number of rotatable bonds is 5. The Kier molecular flexibility index (Phi) is 4.78. The topological polar surface area (TPSA) is 65.6 Å². The molecule has 0 radical (unpaired) electrons. The Labute approximate surface area is 120 Å². The molecule has 1 saturated heterocycles. The van der Waals surface area contributed by atoms with Gasteiger partial charge in [0.1, 0.15) is 0 Å². The molecule has 0 atom stereocenters. The van der Waals surface area contributed by atoms with Crippen molar-refractivity contribution in [2.45, 2.75) is 45.8 Å². The second-order valence-corrected chi connectivity index (χ2v) is 6.57. The van der Waals surface area contributed by atoms with Crippen molar-refractivity contribution in [2.75, 3.05) is 32.7 Å². The van der Waals surface area contributed by atoms with Crippen LogP contribution in [0, 0.1) is 0 Å². The highest BCUT2D eigenvalue weighted by Crippen LogP contribution is 2.13. The van der Waals surface area contributed by atoms with Crippen LogP contribution in [-0.4, -0.2) is 63.4 Å². The lowest BCUT2D eigenvalue weighted by Gasteiger charge is -2.36. The highest BCUT2D eigenvalue weighted by molar-refractivity contribution is 4.92. The summed E-state index contributed by atoms with van der Waals surface area (Å²) in [4.78, 5) is 9.02. The summed E-state index contributed by atoms with van der Waals surface area (Å²) in [6.45, 7) is 13.1. The van der Waals surface area contributed by atoms with E-state index < -0.39 is 5.60 Å². The van der Waals surface area contributed by atoms with Crippen molar-refractivity contribution >= 4 is 0 Å². The molecular weight excluding hydrogens is 256 g/mol. The molecule has 114 valence electrons. The van der Waals surface area contributed by atoms with E-state index in [-0.39, 0.29) is 0 Å². The first kappa shape index (κ1) is 15.4. The molecule has 6 heteroatoms. The molecule has 2 rings (SSSR count). The van der Waals surface area contributed by atoms with Gasteiger partial charge in [0.05, 0.1) is 12.1 Å². The van der Waals surface area contributed by atoms with Crippen molar-refractivity contribution in [3.63, 3.8) is 0 Å². The van der Waals surface area contributed by atoms with Gasteiger partial charge in [0.2, 0.25) is 5.89 Å². The first-order valence-electron chi connectivity index (χ1n) is 7.33. The van der Waals surface area contributed by atoms with Gasteiger partial charge in [-0.25, -0.2) is 0 Å². The third-order valence-corrected chi connectivity index (χ3v) is 3.43. The summed E-state index contributed by atoms with van der Waals surface area (Å²) < 4.78 is 5.28. The Hall–Kier alpha value is -0.980. The lowest BCUT2D eigenvalue weighted by Crippen LogP contribution is -2.50. The third kappa shape index (κ3) is 4.54. The number of aromatic nitrogens is 2. The summed E-state index contributed by atoms with van der Waals surface area (Å²) in [6, 6.07) is 0. The highest BCUT2D eigenvalue weighted by atomic mass is 16.5. The summed E-state index contributed by atoms with van der Waals surface area (Å²) in [5, 5.41) is 13.8. The van der Waals surface area contributed by atoms with Crippen molar-refractivity contribution in [1.82, 2.24) is 19.9 Å². The summed E-state index contributed by atoms with van der Waals surface area (Å²) in [5.74, 6) is 1.78. The zero-order chi connectivity index (χ0) is 14.8. The van der Waals surface area contributed by atoms with Crippen molar-refractivity contribution < 1.29 is 9.63 Å². The standard InChI is InChI=1S/C14H26N4O2/c1-11(2)13-15-12(20-16-13)9-17-5-7-18(8-6-17)10-14(3,4)19/h11,19H,5-10H2,1-4H3. The molecule has 1 fully saturated rings. The molecule has 0 bridgehead atoms. The zero-order valence-electron chi connectivity index (χ0n) is 13.0. The fourth-order valence-corrected chi connectivity index (χ4v) is 2.41. The first-order valence-corrected chi connectivity index (χ1v) is 7.33. The minimum Gasteiger partial charge on any atom is -0.389 e. The Morgan fingerprint density at radius 2 is 1.80 bits per heavy atom. The van der Waals surface area contributed by atoms with Crippen molar-refractivity contribution in [3.8, 4) is 0 Å². The van der Waals surface area contributed by atoms with Crippen LogP contribution in [0.1, 0.15) is 45.3 Å². The maximum Gasteiger partial charge on any atom is 0.240 e. The Morgan fingerprint density at radius 3 is 2.30 bits per heavy atom. The minimum atomic E-state index is -0.624. The molecule has 1 aliphatic rings. The van der Waals surface area contributed by atoms with Crippen molar-refractivity contribution in [2.24, 2.45) is 0 Å². The van der Waals surface area contributed by atoms with Crippen LogP contribution in [0.4, 0.5) is 0 Å². The van der Waals surface area contributed by atoms with Crippen molar-refractivity contribution in [1.29, 1.82) is 0 Å². The number of hydrogen-bond acceptors (Lipinski definition) is 6. The largest absolute Gasteiger partial charge is 0.389 e. The van der Waals surface area contributed by atoms with Gasteiger partial charge >= 0.3 is 0 Å². The van der Waals surface area contributed by atoms with E-state index in [4.69, 9.17) is 4.52 Å². The van der Waals surface area contributed by atoms with Crippen LogP contribution in [0.3, 0.4) is 0 Å². The molecule has 20 heavy (non-hydrogen) atoms. The first-order chi connectivity index (χ1) is 9.33. The second-order valence-electron chi connectivity index (χ2n) is 6.57. The average Bonchev–Trinajstić information content (AvgIpc) is 2.78. The molecule has 1 N–H and O–H groups in total.